The molecule has 5 heteroatoms. The molecule has 1 atom stereocenters. The Morgan fingerprint density at radius 3 is 2.65 bits per heavy atom. The summed E-state index contributed by atoms with van der Waals surface area (Å²) in [5.41, 5.74) is 0.131. The third-order valence-electron chi connectivity index (χ3n) is 2.83. The van der Waals surface area contributed by atoms with E-state index in [1.807, 2.05) is 0 Å². The molecule has 0 fully saturated rings. The van der Waals surface area contributed by atoms with Crippen LogP contribution in [0.4, 0.5) is 0 Å². The van der Waals surface area contributed by atoms with Gasteiger partial charge in [-0.3, -0.25) is 4.79 Å². The van der Waals surface area contributed by atoms with E-state index in [1.165, 1.54) is 0 Å². The second-order valence-electron chi connectivity index (χ2n) is 3.81. The van der Waals surface area contributed by atoms with Crippen molar-refractivity contribution in [2.45, 2.75) is 12.8 Å². The van der Waals surface area contributed by atoms with Crippen LogP contribution in [0.3, 0.4) is 0 Å². The monoisotopic (exact) mass is 234 g/mol. The number of hydrogen-bond donors (Lipinski definition) is 2. The lowest BCUT2D eigenvalue weighted by atomic mass is 9.87. The number of allylic oxidation sites excluding steroid dienone is 1. The highest BCUT2D eigenvalue weighted by atomic mass is 16.5. The van der Waals surface area contributed by atoms with E-state index in [2.05, 4.69) is 6.58 Å². The molecule has 0 spiro atoms. The number of ether oxygens (including phenoxy) is 1. The van der Waals surface area contributed by atoms with Crippen molar-refractivity contribution in [3.63, 3.8) is 0 Å². The summed E-state index contributed by atoms with van der Waals surface area (Å²) >= 11 is 0. The van der Waals surface area contributed by atoms with Crippen LogP contribution < -0.4 is 0 Å². The van der Waals surface area contributed by atoms with Crippen LogP contribution in [-0.2, 0) is 4.74 Å². The molecule has 0 aliphatic carbocycles. The Balaban J connectivity index is 2.85. The van der Waals surface area contributed by atoms with Crippen LogP contribution in [0.2, 0.25) is 0 Å². The number of esters is 1. The lowest BCUT2D eigenvalue weighted by molar-refractivity contribution is 0.0581. The number of aromatic hydroxyl groups is 2. The van der Waals surface area contributed by atoms with Gasteiger partial charge in [0.2, 0.25) is 0 Å². The number of fused-ring (bicyclic) bond motifs is 1. The first-order valence-corrected chi connectivity index (χ1v) is 4.92. The molecular formula is C12H10O5. The number of hydrogen-bond acceptors (Lipinski definition) is 5. The number of phenols is 2. The lowest BCUT2D eigenvalue weighted by Gasteiger charge is -2.25. The van der Waals surface area contributed by atoms with Crippen LogP contribution in [0.5, 0.6) is 11.5 Å². The number of cyclic esters (lactones) is 1. The summed E-state index contributed by atoms with van der Waals surface area (Å²) < 4.78 is 4.85. The standard InChI is InChI=1S/C12H10O5/c1-5-6(2)17-12(16)11-9(15)3-8(14)7(4-13)10(5)11/h3-5,14-15H,2H2,1H3/t5-/m1/s1. The van der Waals surface area contributed by atoms with E-state index in [1.54, 1.807) is 6.92 Å². The average molecular weight is 234 g/mol. The zero-order valence-corrected chi connectivity index (χ0v) is 9.06. The molecule has 1 aromatic rings. The van der Waals surface area contributed by atoms with E-state index in [9.17, 15) is 19.8 Å². The molecule has 2 N–H and O–H groups in total. The molecule has 0 unspecified atom stereocenters. The fourth-order valence-electron chi connectivity index (χ4n) is 1.90. The quantitative estimate of drug-likeness (QED) is 0.570. The first kappa shape index (κ1) is 11.2. The average Bonchev–Trinajstić information content (AvgIpc) is 2.25. The van der Waals surface area contributed by atoms with Crippen molar-refractivity contribution in [3.05, 3.63) is 35.1 Å². The Labute approximate surface area is 97.0 Å². The largest absolute Gasteiger partial charge is 0.507 e. The molecule has 1 aliphatic rings. The number of benzene rings is 1. The molecule has 88 valence electrons. The first-order valence-electron chi connectivity index (χ1n) is 4.92. The zero-order chi connectivity index (χ0) is 12.7. The molecule has 1 aromatic carbocycles. The molecule has 0 saturated carbocycles. The van der Waals surface area contributed by atoms with E-state index < -0.39 is 17.6 Å². The van der Waals surface area contributed by atoms with E-state index in [-0.39, 0.29) is 28.2 Å². The normalized spacial score (nSPS) is 18.5. The molecular weight excluding hydrogens is 224 g/mol. The van der Waals surface area contributed by atoms with Crippen molar-refractivity contribution in [1.82, 2.24) is 0 Å². The highest BCUT2D eigenvalue weighted by Crippen LogP contribution is 2.42. The van der Waals surface area contributed by atoms with Crippen LogP contribution in [0.25, 0.3) is 0 Å². The summed E-state index contributed by atoms with van der Waals surface area (Å²) in [5.74, 6) is -1.83. The summed E-state index contributed by atoms with van der Waals surface area (Å²) in [5, 5.41) is 19.2. The van der Waals surface area contributed by atoms with Gasteiger partial charge in [-0.2, -0.15) is 0 Å². The van der Waals surface area contributed by atoms with Crippen molar-refractivity contribution < 1.29 is 24.5 Å². The van der Waals surface area contributed by atoms with Gasteiger partial charge in [-0.05, 0) is 5.56 Å². The minimum Gasteiger partial charge on any atom is -0.507 e. The fraction of sp³-hybridized carbons (Fsp3) is 0.167. The fourth-order valence-corrected chi connectivity index (χ4v) is 1.90. The van der Waals surface area contributed by atoms with Gasteiger partial charge < -0.3 is 14.9 Å². The smallest absolute Gasteiger partial charge is 0.347 e. The van der Waals surface area contributed by atoms with Crippen molar-refractivity contribution in [2.24, 2.45) is 0 Å². The second kappa shape index (κ2) is 3.62. The van der Waals surface area contributed by atoms with Crippen LogP contribution in [0, 0.1) is 0 Å². The first-order chi connectivity index (χ1) is 7.97. The van der Waals surface area contributed by atoms with Gasteiger partial charge in [0.05, 0.1) is 5.56 Å². The Bertz CT molecular complexity index is 544. The summed E-state index contributed by atoms with van der Waals surface area (Å²) in [6.07, 6.45) is 0.440. The SMILES string of the molecule is C=C1OC(=O)c2c(O)cc(O)c(C=O)c2[C@@H]1C. The van der Waals surface area contributed by atoms with Gasteiger partial charge in [0.15, 0.2) is 6.29 Å². The molecule has 1 heterocycles. The van der Waals surface area contributed by atoms with Gasteiger partial charge in [0, 0.05) is 12.0 Å². The van der Waals surface area contributed by atoms with Crippen LogP contribution in [-0.4, -0.2) is 22.5 Å². The third kappa shape index (κ3) is 1.47. The number of rotatable bonds is 1. The van der Waals surface area contributed by atoms with Crippen LogP contribution in [0.1, 0.15) is 39.1 Å². The van der Waals surface area contributed by atoms with E-state index >= 15 is 0 Å². The van der Waals surface area contributed by atoms with Crippen molar-refractivity contribution >= 4 is 12.3 Å². The Morgan fingerprint density at radius 1 is 1.41 bits per heavy atom. The van der Waals surface area contributed by atoms with Crippen LogP contribution >= 0.6 is 0 Å². The molecule has 0 aromatic heterocycles. The summed E-state index contributed by atoms with van der Waals surface area (Å²) in [4.78, 5) is 22.5. The number of carbonyl (C=O) groups is 2. The van der Waals surface area contributed by atoms with E-state index in [0.717, 1.165) is 6.07 Å². The topological polar surface area (TPSA) is 83.8 Å². The predicted octanol–water partition coefficient (Wildman–Crippen LogP) is 1.70. The minimum absolute atomic E-state index is 0.0249. The van der Waals surface area contributed by atoms with E-state index in [4.69, 9.17) is 4.74 Å². The van der Waals surface area contributed by atoms with Crippen molar-refractivity contribution in [2.75, 3.05) is 0 Å². The van der Waals surface area contributed by atoms with Gasteiger partial charge in [-0.1, -0.05) is 13.5 Å². The third-order valence-corrected chi connectivity index (χ3v) is 2.83. The summed E-state index contributed by atoms with van der Waals surface area (Å²) in [7, 11) is 0. The number of aldehydes is 1. The number of phenolic OH excluding ortho intramolecular Hbond substituents is 2. The van der Waals surface area contributed by atoms with Crippen LogP contribution in [0.15, 0.2) is 18.4 Å². The highest BCUT2D eigenvalue weighted by molar-refractivity contribution is 6.00. The molecule has 1 aliphatic heterocycles. The van der Waals surface area contributed by atoms with Gasteiger partial charge in [0.1, 0.15) is 22.8 Å². The Hall–Kier alpha value is -2.30. The Morgan fingerprint density at radius 2 is 2.06 bits per heavy atom. The number of carbonyl (C=O) groups excluding carboxylic acids is 2. The predicted molar refractivity (Wildman–Crippen MR) is 58.1 cm³/mol. The van der Waals surface area contributed by atoms with E-state index in [0.29, 0.717) is 6.29 Å². The summed E-state index contributed by atoms with van der Waals surface area (Å²) in [6.45, 7) is 5.22. The zero-order valence-electron chi connectivity index (χ0n) is 9.06. The molecule has 0 bridgehead atoms. The lowest BCUT2D eigenvalue weighted by Crippen LogP contribution is -2.20. The second-order valence-corrected chi connectivity index (χ2v) is 3.81. The van der Waals surface area contributed by atoms with Crippen molar-refractivity contribution in [1.29, 1.82) is 0 Å². The van der Waals surface area contributed by atoms with Gasteiger partial charge in [-0.25, -0.2) is 4.79 Å². The molecule has 0 saturated heterocycles. The maximum Gasteiger partial charge on any atom is 0.347 e. The van der Waals surface area contributed by atoms with Gasteiger partial charge in [0.25, 0.3) is 0 Å². The molecule has 17 heavy (non-hydrogen) atoms. The Kier molecular flexibility index (Phi) is 2.38. The van der Waals surface area contributed by atoms with Gasteiger partial charge in [-0.15, -0.1) is 0 Å². The van der Waals surface area contributed by atoms with Gasteiger partial charge >= 0.3 is 5.97 Å². The molecule has 0 radical (unpaired) electrons. The highest BCUT2D eigenvalue weighted by Gasteiger charge is 2.34. The molecule has 2 rings (SSSR count). The molecule has 5 nitrogen and oxygen atoms in total. The maximum absolute atomic E-state index is 11.6. The minimum atomic E-state index is -0.774. The summed E-state index contributed by atoms with van der Waals surface area (Å²) in [6, 6.07) is 0.949. The maximum atomic E-state index is 11.6. The molecule has 0 amide bonds. The van der Waals surface area contributed by atoms with Crippen molar-refractivity contribution in [3.8, 4) is 11.5 Å².